The predicted molar refractivity (Wildman–Crippen MR) is 71.4 cm³/mol. The van der Waals surface area contributed by atoms with Gasteiger partial charge in [0.25, 0.3) is 0 Å². The number of rotatable bonds is 5. The molecule has 0 spiro atoms. The lowest BCUT2D eigenvalue weighted by Crippen LogP contribution is -2.06. The van der Waals surface area contributed by atoms with E-state index in [4.69, 9.17) is 0 Å². The van der Waals surface area contributed by atoms with Gasteiger partial charge in [0.05, 0.1) is 12.1 Å². The first-order valence-corrected chi connectivity index (χ1v) is 6.20. The minimum absolute atomic E-state index is 0.247. The van der Waals surface area contributed by atoms with Crippen molar-refractivity contribution in [3.8, 4) is 0 Å². The smallest absolute Gasteiger partial charge is 0.139 e. The number of benzene rings is 1. The molecule has 0 aliphatic heterocycles. The molecule has 94 valence electrons. The first kappa shape index (κ1) is 12.6. The van der Waals surface area contributed by atoms with Crippen LogP contribution in [-0.4, -0.2) is 15.6 Å². The number of ketones is 1. The molecule has 2 rings (SSSR count). The Hall–Kier alpha value is -1.90. The molecule has 18 heavy (non-hydrogen) atoms. The van der Waals surface area contributed by atoms with Crippen molar-refractivity contribution in [3.63, 3.8) is 0 Å². The number of hydrogen-bond acceptors (Lipinski definition) is 2. The Morgan fingerprint density at radius 3 is 2.72 bits per heavy atom. The van der Waals surface area contributed by atoms with Gasteiger partial charge in [-0.2, -0.15) is 5.10 Å². The third-order valence-corrected chi connectivity index (χ3v) is 3.08. The second-order valence-corrected chi connectivity index (χ2v) is 4.62. The number of nitrogens with zero attached hydrogens (tertiary/aromatic N) is 2. The van der Waals surface area contributed by atoms with Gasteiger partial charge in [-0.1, -0.05) is 24.3 Å². The maximum atomic E-state index is 11.9. The van der Waals surface area contributed by atoms with Gasteiger partial charge in [-0.05, 0) is 30.5 Å². The van der Waals surface area contributed by atoms with Crippen LogP contribution in [-0.2, 0) is 24.7 Å². The molecule has 1 heterocycles. The van der Waals surface area contributed by atoms with E-state index < -0.39 is 0 Å². The third kappa shape index (κ3) is 3.29. The molecule has 0 unspecified atom stereocenters. The molecule has 0 amide bonds. The quantitative estimate of drug-likeness (QED) is 0.807. The maximum Gasteiger partial charge on any atom is 0.139 e. The van der Waals surface area contributed by atoms with Gasteiger partial charge in [0.2, 0.25) is 0 Å². The molecule has 0 aliphatic rings. The van der Waals surface area contributed by atoms with E-state index in [0.29, 0.717) is 12.8 Å². The normalized spacial score (nSPS) is 10.6. The molecule has 0 saturated carbocycles. The number of Topliss-reactive ketones (excluding diaryl/α,β-unsaturated/α-hetero) is 1. The Kier molecular flexibility index (Phi) is 3.92. The van der Waals surface area contributed by atoms with Gasteiger partial charge in [-0.25, -0.2) is 0 Å². The van der Waals surface area contributed by atoms with Crippen LogP contribution >= 0.6 is 0 Å². The minimum atomic E-state index is 0.247. The fraction of sp³-hybridized carbons (Fsp3) is 0.333. The Bertz CT molecular complexity index is 543. The van der Waals surface area contributed by atoms with Crippen LogP contribution in [0.5, 0.6) is 0 Å². The van der Waals surface area contributed by atoms with Gasteiger partial charge in [0.15, 0.2) is 0 Å². The van der Waals surface area contributed by atoms with E-state index in [2.05, 4.69) is 24.2 Å². The standard InChI is InChI=1S/C15H18N2O/c1-12-5-3-4-6-13(12)7-8-15(18)11-14-9-10-17(2)16-14/h3-6,9-10H,7-8,11H2,1-2H3. The van der Waals surface area contributed by atoms with Crippen molar-refractivity contribution < 1.29 is 4.79 Å². The molecular formula is C15H18N2O. The summed E-state index contributed by atoms with van der Waals surface area (Å²) in [5.41, 5.74) is 3.36. The topological polar surface area (TPSA) is 34.9 Å². The molecule has 0 fully saturated rings. The second kappa shape index (κ2) is 5.63. The summed E-state index contributed by atoms with van der Waals surface area (Å²) < 4.78 is 1.73. The molecule has 0 N–H and O–H groups in total. The highest BCUT2D eigenvalue weighted by Gasteiger charge is 2.07. The highest BCUT2D eigenvalue weighted by Crippen LogP contribution is 2.10. The zero-order valence-electron chi connectivity index (χ0n) is 10.9. The summed E-state index contributed by atoms with van der Waals surface area (Å²) in [5, 5.41) is 4.22. The van der Waals surface area contributed by atoms with Crippen molar-refractivity contribution in [1.82, 2.24) is 9.78 Å². The molecule has 0 atom stereocenters. The number of carbonyl (C=O) groups excluding carboxylic acids is 1. The second-order valence-electron chi connectivity index (χ2n) is 4.62. The monoisotopic (exact) mass is 242 g/mol. The molecule has 1 aromatic carbocycles. The summed E-state index contributed by atoms with van der Waals surface area (Å²) in [6.07, 6.45) is 3.70. The van der Waals surface area contributed by atoms with Crippen LogP contribution in [0, 0.1) is 6.92 Å². The Morgan fingerprint density at radius 2 is 2.06 bits per heavy atom. The Labute approximate surface area is 107 Å². The van der Waals surface area contributed by atoms with Crippen LogP contribution in [0.1, 0.15) is 23.2 Å². The van der Waals surface area contributed by atoms with Crippen LogP contribution in [0.2, 0.25) is 0 Å². The zero-order valence-corrected chi connectivity index (χ0v) is 10.9. The van der Waals surface area contributed by atoms with E-state index in [1.165, 1.54) is 11.1 Å². The summed E-state index contributed by atoms with van der Waals surface area (Å²) in [5.74, 6) is 0.247. The fourth-order valence-corrected chi connectivity index (χ4v) is 2.01. The number of hydrogen-bond donors (Lipinski definition) is 0. The van der Waals surface area contributed by atoms with Crippen LogP contribution < -0.4 is 0 Å². The van der Waals surface area contributed by atoms with E-state index in [1.807, 2.05) is 31.4 Å². The van der Waals surface area contributed by atoms with Gasteiger partial charge < -0.3 is 0 Å². The minimum Gasteiger partial charge on any atom is -0.299 e. The Morgan fingerprint density at radius 1 is 1.28 bits per heavy atom. The lowest BCUT2D eigenvalue weighted by atomic mass is 10.0. The lowest BCUT2D eigenvalue weighted by molar-refractivity contribution is -0.118. The average molecular weight is 242 g/mol. The van der Waals surface area contributed by atoms with Gasteiger partial charge in [0.1, 0.15) is 5.78 Å². The van der Waals surface area contributed by atoms with E-state index in [9.17, 15) is 4.79 Å². The fourth-order valence-electron chi connectivity index (χ4n) is 2.01. The van der Waals surface area contributed by atoms with Crippen molar-refractivity contribution in [2.75, 3.05) is 0 Å². The van der Waals surface area contributed by atoms with E-state index >= 15 is 0 Å². The van der Waals surface area contributed by atoms with Crippen molar-refractivity contribution >= 4 is 5.78 Å². The van der Waals surface area contributed by atoms with Gasteiger partial charge in [-0.3, -0.25) is 9.48 Å². The van der Waals surface area contributed by atoms with Crippen molar-refractivity contribution in [3.05, 3.63) is 53.3 Å². The maximum absolute atomic E-state index is 11.9. The Balaban J connectivity index is 1.87. The summed E-state index contributed by atoms with van der Waals surface area (Å²) >= 11 is 0. The van der Waals surface area contributed by atoms with Crippen LogP contribution in [0.15, 0.2) is 36.5 Å². The summed E-state index contributed by atoms with van der Waals surface area (Å²) in [4.78, 5) is 11.9. The van der Waals surface area contributed by atoms with Crippen LogP contribution in [0.25, 0.3) is 0 Å². The molecule has 2 aromatic rings. The first-order chi connectivity index (χ1) is 8.65. The highest BCUT2D eigenvalue weighted by atomic mass is 16.1. The summed E-state index contributed by atoms with van der Waals surface area (Å²) in [6, 6.07) is 10.1. The average Bonchev–Trinajstić information content (AvgIpc) is 2.74. The lowest BCUT2D eigenvalue weighted by Gasteiger charge is -2.04. The largest absolute Gasteiger partial charge is 0.299 e. The molecule has 0 radical (unpaired) electrons. The van der Waals surface area contributed by atoms with Crippen molar-refractivity contribution in [2.24, 2.45) is 7.05 Å². The molecule has 0 aliphatic carbocycles. The van der Waals surface area contributed by atoms with Crippen molar-refractivity contribution in [2.45, 2.75) is 26.2 Å². The van der Waals surface area contributed by atoms with Crippen LogP contribution in [0.3, 0.4) is 0 Å². The highest BCUT2D eigenvalue weighted by molar-refractivity contribution is 5.80. The SMILES string of the molecule is Cc1ccccc1CCC(=O)Cc1ccn(C)n1. The number of aromatic nitrogens is 2. The van der Waals surface area contributed by atoms with E-state index in [-0.39, 0.29) is 5.78 Å². The number of carbonyl (C=O) groups is 1. The number of aryl methyl sites for hydroxylation is 3. The molecule has 0 bridgehead atoms. The van der Waals surface area contributed by atoms with Crippen LogP contribution in [0.4, 0.5) is 0 Å². The van der Waals surface area contributed by atoms with E-state index in [1.54, 1.807) is 4.68 Å². The van der Waals surface area contributed by atoms with E-state index in [0.717, 1.165) is 12.1 Å². The van der Waals surface area contributed by atoms with Gasteiger partial charge in [-0.15, -0.1) is 0 Å². The third-order valence-electron chi connectivity index (χ3n) is 3.08. The summed E-state index contributed by atoms with van der Waals surface area (Å²) in [6.45, 7) is 2.08. The molecule has 1 aromatic heterocycles. The summed E-state index contributed by atoms with van der Waals surface area (Å²) in [7, 11) is 1.86. The zero-order chi connectivity index (χ0) is 13.0. The molecule has 3 heteroatoms. The van der Waals surface area contributed by atoms with Gasteiger partial charge >= 0.3 is 0 Å². The van der Waals surface area contributed by atoms with Crippen molar-refractivity contribution in [1.29, 1.82) is 0 Å². The molecular weight excluding hydrogens is 224 g/mol. The molecule has 0 saturated heterocycles. The first-order valence-electron chi connectivity index (χ1n) is 6.20. The molecule has 3 nitrogen and oxygen atoms in total. The van der Waals surface area contributed by atoms with Gasteiger partial charge in [0, 0.05) is 19.7 Å². The predicted octanol–water partition coefficient (Wildman–Crippen LogP) is 2.47.